The van der Waals surface area contributed by atoms with E-state index in [0.717, 1.165) is 16.7 Å². The Bertz CT molecular complexity index is 1250. The first-order chi connectivity index (χ1) is 15.4. The molecule has 0 atom stereocenters. The summed E-state index contributed by atoms with van der Waals surface area (Å²) in [4.78, 5) is 48.6. The van der Waals surface area contributed by atoms with Gasteiger partial charge in [0.25, 0.3) is 11.1 Å². The molecule has 1 aliphatic rings. The Hall–Kier alpha value is -4.05. The number of aromatic carboxylic acids is 1. The molecular formula is C22H15NO8S. The van der Waals surface area contributed by atoms with Crippen LogP contribution in [0.4, 0.5) is 4.79 Å². The number of hydrogen-bond donors (Lipinski definition) is 1. The van der Waals surface area contributed by atoms with Crippen LogP contribution >= 0.6 is 11.8 Å². The number of hydrogen-bond acceptors (Lipinski definition) is 8. The first-order valence-corrected chi connectivity index (χ1v) is 10.0. The van der Waals surface area contributed by atoms with Crippen LogP contribution in [0.25, 0.3) is 17.4 Å². The molecule has 1 saturated heterocycles. The molecule has 3 heterocycles. The van der Waals surface area contributed by atoms with E-state index in [1.807, 2.05) is 0 Å². The van der Waals surface area contributed by atoms with Crippen LogP contribution < -0.4 is 0 Å². The number of rotatable bonds is 6. The summed E-state index contributed by atoms with van der Waals surface area (Å²) in [5.41, 5.74) is 0.825. The number of ether oxygens (including phenoxy) is 1. The molecule has 1 aromatic carbocycles. The largest absolute Gasteiger partial charge is 0.478 e. The van der Waals surface area contributed by atoms with Crippen molar-refractivity contribution in [1.82, 2.24) is 4.90 Å². The van der Waals surface area contributed by atoms with Crippen molar-refractivity contribution in [1.29, 1.82) is 0 Å². The van der Waals surface area contributed by atoms with Gasteiger partial charge in [-0.05, 0) is 48.2 Å². The topological polar surface area (TPSA) is 127 Å². The van der Waals surface area contributed by atoms with Crippen molar-refractivity contribution in [3.8, 4) is 11.3 Å². The van der Waals surface area contributed by atoms with Crippen LogP contribution in [0.2, 0.25) is 0 Å². The van der Waals surface area contributed by atoms with Gasteiger partial charge in [0.05, 0.1) is 24.1 Å². The first kappa shape index (κ1) is 21.2. The fourth-order valence-electron chi connectivity index (χ4n) is 2.96. The van der Waals surface area contributed by atoms with Crippen LogP contribution in [0.3, 0.4) is 0 Å². The number of furan rings is 2. The van der Waals surface area contributed by atoms with Gasteiger partial charge in [0.15, 0.2) is 0 Å². The lowest BCUT2D eigenvalue weighted by Gasteiger charge is -2.09. The Morgan fingerprint density at radius 2 is 1.81 bits per heavy atom. The van der Waals surface area contributed by atoms with Crippen LogP contribution in [0.5, 0.6) is 0 Å². The van der Waals surface area contributed by atoms with Crippen LogP contribution in [0, 0.1) is 0 Å². The number of benzene rings is 1. The van der Waals surface area contributed by atoms with E-state index in [9.17, 15) is 19.2 Å². The van der Waals surface area contributed by atoms with Gasteiger partial charge < -0.3 is 18.7 Å². The van der Waals surface area contributed by atoms with Gasteiger partial charge in [0.1, 0.15) is 17.3 Å². The molecule has 9 nitrogen and oxygen atoms in total. The molecule has 0 aliphatic carbocycles. The summed E-state index contributed by atoms with van der Waals surface area (Å²) >= 11 is 0.764. The molecule has 0 unspecified atom stereocenters. The van der Waals surface area contributed by atoms with E-state index in [1.165, 1.54) is 37.5 Å². The van der Waals surface area contributed by atoms with Crippen molar-refractivity contribution in [2.24, 2.45) is 0 Å². The Morgan fingerprint density at radius 1 is 1.06 bits per heavy atom. The monoisotopic (exact) mass is 453 g/mol. The van der Waals surface area contributed by atoms with E-state index in [4.69, 9.17) is 13.9 Å². The molecule has 2 aromatic heterocycles. The molecule has 0 radical (unpaired) electrons. The first-order valence-electron chi connectivity index (χ1n) is 9.21. The average Bonchev–Trinajstić information content (AvgIpc) is 3.50. The highest BCUT2D eigenvalue weighted by Gasteiger charge is 2.36. The molecular weight excluding hydrogens is 438 g/mol. The number of carbonyl (C=O) groups is 4. The highest BCUT2D eigenvalue weighted by Crippen LogP contribution is 2.34. The van der Waals surface area contributed by atoms with Gasteiger partial charge in [-0.15, -0.1) is 0 Å². The maximum Gasteiger partial charge on any atom is 0.373 e. The van der Waals surface area contributed by atoms with Gasteiger partial charge in [-0.1, -0.05) is 12.1 Å². The molecule has 1 N–H and O–H groups in total. The second kappa shape index (κ2) is 8.60. The van der Waals surface area contributed by atoms with Crippen LogP contribution in [-0.2, 0) is 16.1 Å². The van der Waals surface area contributed by atoms with Crippen LogP contribution in [0.15, 0.2) is 62.3 Å². The Balaban J connectivity index is 1.49. The number of methoxy groups -OCH3 is 1. The van der Waals surface area contributed by atoms with Crippen LogP contribution in [0.1, 0.15) is 32.4 Å². The number of nitrogens with zero attached hydrogens (tertiary/aromatic N) is 1. The number of carbonyl (C=O) groups excluding carboxylic acids is 3. The molecule has 1 fully saturated rings. The number of amides is 2. The fraction of sp³-hybridized carbons (Fsp3) is 0.0909. The summed E-state index contributed by atoms with van der Waals surface area (Å²) in [6.07, 6.45) is 1.46. The number of carboxylic acids is 1. The second-order valence-electron chi connectivity index (χ2n) is 6.61. The summed E-state index contributed by atoms with van der Waals surface area (Å²) in [6.45, 7) is -0.127. The van der Waals surface area contributed by atoms with Crippen LogP contribution in [-0.4, -0.2) is 40.2 Å². The lowest BCUT2D eigenvalue weighted by atomic mass is 10.1. The third-order valence-electron chi connectivity index (χ3n) is 4.55. The molecule has 0 bridgehead atoms. The van der Waals surface area contributed by atoms with E-state index in [-0.39, 0.29) is 28.5 Å². The standard InChI is InChI=1S/C22H15NO8S/c1-29-21(27)17-9-7-15(31-17)11-23-19(24)18(32-22(23)28)10-14-6-8-16(30-14)12-2-4-13(5-3-12)20(25)26/h2-10H,11H2,1H3,(H,25,26). The molecule has 32 heavy (non-hydrogen) atoms. The van der Waals surface area contributed by atoms with Gasteiger partial charge in [-0.3, -0.25) is 14.5 Å². The maximum atomic E-state index is 12.7. The number of thioether (sulfide) groups is 1. The number of esters is 1. The lowest BCUT2D eigenvalue weighted by Crippen LogP contribution is -2.27. The zero-order valence-electron chi connectivity index (χ0n) is 16.6. The quantitative estimate of drug-likeness (QED) is 0.430. The lowest BCUT2D eigenvalue weighted by molar-refractivity contribution is -0.123. The minimum atomic E-state index is -1.02. The van der Waals surface area contributed by atoms with Crippen molar-refractivity contribution < 1.29 is 37.9 Å². The Kier molecular flexibility index (Phi) is 5.69. The van der Waals surface area contributed by atoms with Gasteiger partial charge in [-0.2, -0.15) is 0 Å². The Labute approximate surface area is 185 Å². The SMILES string of the molecule is COC(=O)c1ccc(CN2C(=O)SC(=Cc3ccc(-c4ccc(C(=O)O)cc4)o3)C2=O)o1. The molecule has 3 aromatic rings. The van der Waals surface area contributed by atoms with E-state index in [0.29, 0.717) is 17.1 Å². The Morgan fingerprint density at radius 3 is 2.50 bits per heavy atom. The van der Waals surface area contributed by atoms with Crippen molar-refractivity contribution in [3.63, 3.8) is 0 Å². The normalized spacial score (nSPS) is 14.9. The molecule has 10 heteroatoms. The van der Waals surface area contributed by atoms with Crippen molar-refractivity contribution in [3.05, 3.63) is 76.3 Å². The predicted molar refractivity (Wildman–Crippen MR) is 113 cm³/mol. The summed E-state index contributed by atoms with van der Waals surface area (Å²) in [7, 11) is 1.22. The summed E-state index contributed by atoms with van der Waals surface area (Å²) in [5, 5.41) is 8.51. The van der Waals surface area contributed by atoms with E-state index < -0.39 is 23.1 Å². The third-order valence-corrected chi connectivity index (χ3v) is 5.46. The van der Waals surface area contributed by atoms with Gasteiger partial charge in [-0.25, -0.2) is 9.59 Å². The van der Waals surface area contributed by atoms with Gasteiger partial charge in [0.2, 0.25) is 5.76 Å². The summed E-state index contributed by atoms with van der Waals surface area (Å²) in [5.74, 6) is -1.11. The van der Waals surface area contributed by atoms with E-state index in [1.54, 1.807) is 24.3 Å². The third kappa shape index (κ3) is 4.21. The predicted octanol–water partition coefficient (Wildman–Crippen LogP) is 4.26. The summed E-state index contributed by atoms with van der Waals surface area (Å²) in [6, 6.07) is 12.4. The zero-order valence-corrected chi connectivity index (χ0v) is 17.4. The maximum absolute atomic E-state index is 12.7. The molecule has 4 rings (SSSR count). The smallest absolute Gasteiger partial charge is 0.373 e. The minimum Gasteiger partial charge on any atom is -0.478 e. The molecule has 0 spiro atoms. The number of imide groups is 1. The molecule has 0 saturated carbocycles. The van der Waals surface area contributed by atoms with Crippen molar-refractivity contribution in [2.75, 3.05) is 7.11 Å². The summed E-state index contributed by atoms with van der Waals surface area (Å²) < 4.78 is 15.6. The van der Waals surface area contributed by atoms with Gasteiger partial charge in [0, 0.05) is 11.6 Å². The highest BCUT2D eigenvalue weighted by molar-refractivity contribution is 8.18. The van der Waals surface area contributed by atoms with Gasteiger partial charge >= 0.3 is 11.9 Å². The van der Waals surface area contributed by atoms with Crippen molar-refractivity contribution in [2.45, 2.75) is 6.54 Å². The zero-order chi connectivity index (χ0) is 22.8. The molecule has 2 amide bonds. The van der Waals surface area contributed by atoms with E-state index >= 15 is 0 Å². The fourth-order valence-corrected chi connectivity index (χ4v) is 3.78. The van der Waals surface area contributed by atoms with Crippen molar-refractivity contribution >= 4 is 40.9 Å². The minimum absolute atomic E-state index is 0.0236. The van der Waals surface area contributed by atoms with E-state index in [2.05, 4.69) is 4.74 Å². The molecule has 1 aliphatic heterocycles. The highest BCUT2D eigenvalue weighted by atomic mass is 32.2. The number of carboxylic acid groups (broad SMARTS) is 1. The average molecular weight is 453 g/mol. The molecule has 162 valence electrons. The second-order valence-corrected chi connectivity index (χ2v) is 7.60.